The zero-order valence-electron chi connectivity index (χ0n) is 9.64. The maximum absolute atomic E-state index is 10.9. The number of nitro benzene ring substituents is 1. The number of halogens is 2. The molecule has 4 N–H and O–H groups in total. The first-order valence-electron chi connectivity index (χ1n) is 5.13. The Balaban J connectivity index is 3.26. The van der Waals surface area contributed by atoms with Crippen LogP contribution >= 0.6 is 23.2 Å². The van der Waals surface area contributed by atoms with Gasteiger partial charge in [0.2, 0.25) is 0 Å². The fourth-order valence-electron chi connectivity index (χ4n) is 1.34. The lowest BCUT2D eigenvalue weighted by Crippen LogP contribution is -2.49. The van der Waals surface area contributed by atoms with Crippen molar-refractivity contribution in [2.24, 2.45) is 0 Å². The van der Waals surface area contributed by atoms with Gasteiger partial charge in [-0.05, 0) is 6.07 Å². The van der Waals surface area contributed by atoms with E-state index in [1.165, 1.54) is 6.07 Å². The first kappa shape index (κ1) is 15.9. The van der Waals surface area contributed by atoms with Crippen LogP contribution in [0.3, 0.4) is 0 Å². The van der Waals surface area contributed by atoms with Gasteiger partial charge < -0.3 is 20.6 Å². The highest BCUT2D eigenvalue weighted by atomic mass is 35.5. The number of nitro groups is 1. The van der Waals surface area contributed by atoms with Crippen molar-refractivity contribution in [2.45, 2.75) is 5.54 Å². The van der Waals surface area contributed by atoms with Gasteiger partial charge in [0, 0.05) is 6.07 Å². The van der Waals surface area contributed by atoms with E-state index in [0.717, 1.165) is 6.07 Å². The summed E-state index contributed by atoms with van der Waals surface area (Å²) in [6.07, 6.45) is 0. The molecule has 0 aliphatic rings. The van der Waals surface area contributed by atoms with Crippen molar-refractivity contribution in [1.82, 2.24) is 0 Å². The molecule has 106 valence electrons. The summed E-state index contributed by atoms with van der Waals surface area (Å²) < 4.78 is 0. The predicted molar refractivity (Wildman–Crippen MR) is 70.7 cm³/mol. The Kier molecular flexibility index (Phi) is 5.33. The number of hydrogen-bond donors (Lipinski definition) is 4. The van der Waals surface area contributed by atoms with E-state index in [1.54, 1.807) is 0 Å². The summed E-state index contributed by atoms with van der Waals surface area (Å²) >= 11 is 11.5. The number of aliphatic hydroxyl groups excluding tert-OH is 3. The lowest BCUT2D eigenvalue weighted by Gasteiger charge is -2.29. The molecule has 9 heteroatoms. The standard InChI is InChI=1S/C10H12Cl2N2O5/c11-6-1-8(9(14(18)19)2-7(6)12)13-10(3-15,4-16)5-17/h1-2,13,15-17H,3-5H2. The van der Waals surface area contributed by atoms with Crippen LogP contribution in [0, 0.1) is 10.1 Å². The number of hydrogen-bond acceptors (Lipinski definition) is 6. The number of anilines is 1. The Morgan fingerprint density at radius 2 is 1.63 bits per heavy atom. The second kappa shape index (κ2) is 6.36. The van der Waals surface area contributed by atoms with Crippen LogP contribution in [0.2, 0.25) is 10.0 Å². The van der Waals surface area contributed by atoms with Crippen LogP contribution in [0.25, 0.3) is 0 Å². The summed E-state index contributed by atoms with van der Waals surface area (Å²) in [4.78, 5) is 10.2. The quantitative estimate of drug-likeness (QED) is 0.460. The molecule has 19 heavy (non-hydrogen) atoms. The highest BCUT2D eigenvalue weighted by Crippen LogP contribution is 2.35. The van der Waals surface area contributed by atoms with Gasteiger partial charge in [0.05, 0.1) is 34.8 Å². The Labute approximate surface area is 118 Å². The minimum absolute atomic E-state index is 0.00140. The average Bonchev–Trinajstić information content (AvgIpc) is 2.39. The second-order valence-corrected chi connectivity index (χ2v) is 4.73. The van der Waals surface area contributed by atoms with Crippen molar-refractivity contribution in [3.05, 3.63) is 32.3 Å². The van der Waals surface area contributed by atoms with E-state index < -0.39 is 30.3 Å². The Bertz CT molecular complexity index is 471. The average molecular weight is 311 g/mol. The van der Waals surface area contributed by atoms with E-state index >= 15 is 0 Å². The van der Waals surface area contributed by atoms with Crippen LogP contribution in [-0.2, 0) is 0 Å². The fourth-order valence-corrected chi connectivity index (χ4v) is 1.66. The molecule has 1 aromatic rings. The molecule has 1 rings (SSSR count). The van der Waals surface area contributed by atoms with E-state index in [0.29, 0.717) is 0 Å². The molecule has 0 fully saturated rings. The van der Waals surface area contributed by atoms with Gasteiger partial charge in [-0.2, -0.15) is 0 Å². The van der Waals surface area contributed by atoms with Gasteiger partial charge >= 0.3 is 0 Å². The van der Waals surface area contributed by atoms with Crippen molar-refractivity contribution in [2.75, 3.05) is 25.1 Å². The molecule has 0 saturated heterocycles. The van der Waals surface area contributed by atoms with Crippen molar-refractivity contribution >= 4 is 34.6 Å². The maximum atomic E-state index is 10.9. The van der Waals surface area contributed by atoms with Crippen molar-refractivity contribution in [3.63, 3.8) is 0 Å². The molecule has 0 unspecified atom stereocenters. The van der Waals surface area contributed by atoms with Gasteiger partial charge in [0.25, 0.3) is 5.69 Å². The first-order valence-corrected chi connectivity index (χ1v) is 5.89. The molecule has 0 saturated carbocycles. The Morgan fingerprint density at radius 1 is 1.16 bits per heavy atom. The van der Waals surface area contributed by atoms with Crippen molar-refractivity contribution in [1.29, 1.82) is 0 Å². The molecule has 0 aliphatic carbocycles. The molecule has 0 atom stereocenters. The van der Waals surface area contributed by atoms with Crippen LogP contribution in [0.15, 0.2) is 12.1 Å². The molecular weight excluding hydrogens is 299 g/mol. The normalized spacial score (nSPS) is 11.4. The van der Waals surface area contributed by atoms with Gasteiger partial charge in [0.15, 0.2) is 0 Å². The summed E-state index contributed by atoms with van der Waals surface area (Å²) in [5.41, 5.74) is -1.94. The number of nitrogens with zero attached hydrogens (tertiary/aromatic N) is 1. The lowest BCUT2D eigenvalue weighted by atomic mass is 10.0. The number of benzene rings is 1. The molecule has 0 aliphatic heterocycles. The summed E-state index contributed by atoms with van der Waals surface area (Å²) in [5, 5.41) is 41.0. The minimum Gasteiger partial charge on any atom is -0.394 e. The van der Waals surface area contributed by atoms with Gasteiger partial charge in [-0.15, -0.1) is 0 Å². The fraction of sp³-hybridized carbons (Fsp3) is 0.400. The van der Waals surface area contributed by atoms with Gasteiger partial charge in [-0.3, -0.25) is 10.1 Å². The van der Waals surface area contributed by atoms with Crippen molar-refractivity contribution in [3.8, 4) is 0 Å². The summed E-state index contributed by atoms with van der Waals surface area (Å²) in [6.45, 7) is -1.88. The number of aliphatic hydroxyl groups is 3. The Hall–Kier alpha value is -1.12. The molecule has 1 aromatic carbocycles. The first-order chi connectivity index (χ1) is 8.89. The molecule has 0 heterocycles. The van der Waals surface area contributed by atoms with E-state index in [1.807, 2.05) is 0 Å². The molecule has 0 bridgehead atoms. The van der Waals surface area contributed by atoms with Crippen LogP contribution in [0.1, 0.15) is 0 Å². The lowest BCUT2D eigenvalue weighted by molar-refractivity contribution is -0.384. The van der Waals surface area contributed by atoms with Crippen LogP contribution in [-0.4, -0.2) is 45.6 Å². The van der Waals surface area contributed by atoms with Crippen LogP contribution < -0.4 is 5.32 Å². The highest BCUT2D eigenvalue weighted by molar-refractivity contribution is 6.42. The van der Waals surface area contributed by atoms with E-state index in [4.69, 9.17) is 23.2 Å². The van der Waals surface area contributed by atoms with Crippen LogP contribution in [0.4, 0.5) is 11.4 Å². The minimum atomic E-state index is -1.50. The smallest absolute Gasteiger partial charge is 0.293 e. The molecule has 0 radical (unpaired) electrons. The highest BCUT2D eigenvalue weighted by Gasteiger charge is 2.31. The predicted octanol–water partition coefficient (Wildman–Crippen LogP) is 1.03. The Morgan fingerprint density at radius 3 is 2.05 bits per heavy atom. The molecule has 0 aromatic heterocycles. The summed E-state index contributed by atoms with van der Waals surface area (Å²) in [6, 6.07) is 2.24. The monoisotopic (exact) mass is 310 g/mol. The largest absolute Gasteiger partial charge is 0.394 e. The SMILES string of the molecule is O=[N+]([O-])c1cc(Cl)c(Cl)cc1NC(CO)(CO)CO. The van der Waals surface area contributed by atoms with Gasteiger partial charge in [0.1, 0.15) is 11.2 Å². The maximum Gasteiger partial charge on any atom is 0.293 e. The summed E-state index contributed by atoms with van der Waals surface area (Å²) in [7, 11) is 0. The number of nitrogens with one attached hydrogen (secondary N) is 1. The molecule has 7 nitrogen and oxygen atoms in total. The van der Waals surface area contributed by atoms with Crippen molar-refractivity contribution < 1.29 is 20.2 Å². The zero-order valence-corrected chi connectivity index (χ0v) is 11.1. The third-order valence-electron chi connectivity index (χ3n) is 2.54. The topological polar surface area (TPSA) is 116 Å². The number of rotatable bonds is 6. The molecular formula is C10H12Cl2N2O5. The van der Waals surface area contributed by atoms with Gasteiger partial charge in [-0.1, -0.05) is 23.2 Å². The van der Waals surface area contributed by atoms with E-state index in [-0.39, 0.29) is 21.4 Å². The molecule has 0 amide bonds. The third-order valence-corrected chi connectivity index (χ3v) is 3.27. The van der Waals surface area contributed by atoms with Crippen LogP contribution in [0.5, 0.6) is 0 Å². The summed E-state index contributed by atoms with van der Waals surface area (Å²) in [5.74, 6) is 0. The second-order valence-electron chi connectivity index (χ2n) is 3.92. The molecule has 0 spiro atoms. The van der Waals surface area contributed by atoms with Gasteiger partial charge in [-0.25, -0.2) is 0 Å². The van der Waals surface area contributed by atoms with E-state index in [2.05, 4.69) is 5.32 Å². The third kappa shape index (κ3) is 3.46. The zero-order chi connectivity index (χ0) is 14.6. The van der Waals surface area contributed by atoms with E-state index in [9.17, 15) is 25.4 Å².